The first-order chi connectivity index (χ1) is 16.0. The van der Waals surface area contributed by atoms with Gasteiger partial charge < -0.3 is 14.8 Å². The van der Waals surface area contributed by atoms with Gasteiger partial charge in [-0.25, -0.2) is 9.67 Å². The molecule has 0 atom stereocenters. The molecule has 4 rings (SSSR count). The molecule has 0 spiro atoms. The molecule has 0 radical (unpaired) electrons. The van der Waals surface area contributed by atoms with Crippen LogP contribution in [0.2, 0.25) is 0 Å². The summed E-state index contributed by atoms with van der Waals surface area (Å²) >= 11 is 3.41. The van der Waals surface area contributed by atoms with Gasteiger partial charge in [-0.1, -0.05) is 28.1 Å². The van der Waals surface area contributed by atoms with Crippen LogP contribution in [0.3, 0.4) is 0 Å². The first kappa shape index (κ1) is 22.5. The molecule has 2 aromatic heterocycles. The Bertz CT molecular complexity index is 1330. The quantitative estimate of drug-likeness (QED) is 0.390. The van der Waals surface area contributed by atoms with Gasteiger partial charge in [-0.05, 0) is 29.8 Å². The molecule has 9 nitrogen and oxygen atoms in total. The van der Waals surface area contributed by atoms with Gasteiger partial charge in [-0.2, -0.15) is 5.10 Å². The Labute approximate surface area is 198 Å². The standard InChI is InChI=1S/C23H22BrN5O4/c1-32-18-9-16(10-19(11-18)33-2)22(30)25-7-8-29-21-20(12-27-29)23(31)28(14-26-21)13-15-3-5-17(24)6-4-15/h3-6,9-12,14H,7-8,13H2,1-2H3,(H,25,30). The van der Waals surface area contributed by atoms with E-state index in [1.165, 1.54) is 26.7 Å². The maximum Gasteiger partial charge on any atom is 0.264 e. The van der Waals surface area contributed by atoms with Crippen LogP contribution in [0.15, 0.2) is 64.3 Å². The van der Waals surface area contributed by atoms with Crippen molar-refractivity contribution >= 4 is 32.9 Å². The smallest absolute Gasteiger partial charge is 0.264 e. The van der Waals surface area contributed by atoms with Crippen molar-refractivity contribution in [3.05, 3.63) is 80.9 Å². The molecule has 0 unspecified atom stereocenters. The fourth-order valence-electron chi connectivity index (χ4n) is 3.38. The molecule has 10 heteroatoms. The van der Waals surface area contributed by atoms with Crippen molar-refractivity contribution in [1.82, 2.24) is 24.6 Å². The average Bonchev–Trinajstić information content (AvgIpc) is 3.25. The summed E-state index contributed by atoms with van der Waals surface area (Å²) in [6, 6.07) is 12.7. The van der Waals surface area contributed by atoms with Gasteiger partial charge in [-0.15, -0.1) is 0 Å². The lowest BCUT2D eigenvalue weighted by Gasteiger charge is -2.10. The molecule has 2 heterocycles. The first-order valence-electron chi connectivity index (χ1n) is 10.1. The Morgan fingerprint density at radius 2 is 1.79 bits per heavy atom. The van der Waals surface area contributed by atoms with Crippen LogP contribution in [0, 0.1) is 0 Å². The van der Waals surface area contributed by atoms with Gasteiger partial charge in [-0.3, -0.25) is 14.2 Å². The van der Waals surface area contributed by atoms with Gasteiger partial charge in [0.25, 0.3) is 11.5 Å². The molecule has 2 aromatic carbocycles. The minimum Gasteiger partial charge on any atom is -0.497 e. The summed E-state index contributed by atoms with van der Waals surface area (Å²) in [5.74, 6) is 0.788. The van der Waals surface area contributed by atoms with Gasteiger partial charge in [0.15, 0.2) is 5.65 Å². The second kappa shape index (κ2) is 9.86. The Kier molecular flexibility index (Phi) is 6.74. The molecule has 4 aromatic rings. The number of fused-ring (bicyclic) bond motifs is 1. The molecule has 0 saturated carbocycles. The van der Waals surface area contributed by atoms with Crippen LogP contribution in [0.4, 0.5) is 0 Å². The van der Waals surface area contributed by atoms with E-state index >= 15 is 0 Å². The van der Waals surface area contributed by atoms with Crippen LogP contribution in [0.25, 0.3) is 11.0 Å². The van der Waals surface area contributed by atoms with Gasteiger partial charge in [0.05, 0.1) is 33.5 Å². The molecule has 0 saturated heterocycles. The Morgan fingerprint density at radius 1 is 1.09 bits per heavy atom. The Hall–Kier alpha value is -3.66. The lowest BCUT2D eigenvalue weighted by atomic mass is 10.2. The molecule has 1 N–H and O–H groups in total. The number of halogens is 1. The SMILES string of the molecule is COc1cc(OC)cc(C(=O)NCCn2ncc3c(=O)n(Cc4ccc(Br)cc4)cnc32)c1. The van der Waals surface area contributed by atoms with Crippen LogP contribution in [0.1, 0.15) is 15.9 Å². The zero-order valence-electron chi connectivity index (χ0n) is 18.1. The second-order valence-corrected chi connectivity index (χ2v) is 8.18. The highest BCUT2D eigenvalue weighted by Crippen LogP contribution is 2.22. The van der Waals surface area contributed by atoms with Gasteiger partial charge in [0, 0.05) is 22.6 Å². The van der Waals surface area contributed by atoms with E-state index in [0.717, 1.165) is 10.0 Å². The largest absolute Gasteiger partial charge is 0.497 e. The summed E-state index contributed by atoms with van der Waals surface area (Å²) < 4.78 is 14.5. The number of amides is 1. The number of hydrogen-bond donors (Lipinski definition) is 1. The van der Waals surface area contributed by atoms with E-state index in [1.807, 2.05) is 24.3 Å². The number of hydrogen-bond acceptors (Lipinski definition) is 6. The maximum absolute atomic E-state index is 12.9. The lowest BCUT2D eigenvalue weighted by Crippen LogP contribution is -2.28. The number of nitrogens with one attached hydrogen (secondary N) is 1. The zero-order valence-corrected chi connectivity index (χ0v) is 19.7. The van der Waals surface area contributed by atoms with Crippen molar-refractivity contribution in [2.75, 3.05) is 20.8 Å². The van der Waals surface area contributed by atoms with E-state index in [9.17, 15) is 9.59 Å². The van der Waals surface area contributed by atoms with Crippen LogP contribution in [-0.2, 0) is 13.1 Å². The highest BCUT2D eigenvalue weighted by molar-refractivity contribution is 9.10. The third-order valence-corrected chi connectivity index (χ3v) is 5.64. The minimum atomic E-state index is -0.270. The highest BCUT2D eigenvalue weighted by atomic mass is 79.9. The highest BCUT2D eigenvalue weighted by Gasteiger charge is 2.12. The number of nitrogens with zero attached hydrogens (tertiary/aromatic N) is 4. The fraction of sp³-hybridized carbons (Fsp3) is 0.217. The topological polar surface area (TPSA) is 100 Å². The van der Waals surface area contributed by atoms with Gasteiger partial charge in [0.2, 0.25) is 0 Å². The van der Waals surface area contributed by atoms with Crippen molar-refractivity contribution in [3.8, 4) is 11.5 Å². The number of aromatic nitrogens is 4. The summed E-state index contributed by atoms with van der Waals surface area (Å²) in [5.41, 5.74) is 1.72. The summed E-state index contributed by atoms with van der Waals surface area (Å²) in [5, 5.41) is 7.55. The molecule has 170 valence electrons. The summed E-state index contributed by atoms with van der Waals surface area (Å²) in [4.78, 5) is 29.8. The monoisotopic (exact) mass is 511 g/mol. The van der Waals surface area contributed by atoms with E-state index in [2.05, 4.69) is 31.3 Å². The molecular weight excluding hydrogens is 490 g/mol. The van der Waals surface area contributed by atoms with Gasteiger partial charge >= 0.3 is 0 Å². The lowest BCUT2D eigenvalue weighted by molar-refractivity contribution is 0.0951. The van der Waals surface area contributed by atoms with Crippen LogP contribution in [-0.4, -0.2) is 46.0 Å². The predicted octanol–water partition coefficient (Wildman–Crippen LogP) is 2.85. The number of rotatable bonds is 8. The average molecular weight is 512 g/mol. The van der Waals surface area contributed by atoms with Gasteiger partial charge in [0.1, 0.15) is 23.2 Å². The van der Waals surface area contributed by atoms with Crippen molar-refractivity contribution in [2.24, 2.45) is 0 Å². The molecule has 33 heavy (non-hydrogen) atoms. The summed E-state index contributed by atoms with van der Waals surface area (Å²) in [7, 11) is 3.05. The van der Waals surface area contributed by atoms with Crippen molar-refractivity contribution in [1.29, 1.82) is 0 Å². The van der Waals surface area contributed by atoms with Crippen LogP contribution >= 0.6 is 15.9 Å². The maximum atomic E-state index is 12.9. The van der Waals surface area contributed by atoms with E-state index in [4.69, 9.17) is 9.47 Å². The normalized spacial score (nSPS) is 10.9. The van der Waals surface area contributed by atoms with Crippen molar-refractivity contribution in [3.63, 3.8) is 0 Å². The number of ether oxygens (including phenoxy) is 2. The Morgan fingerprint density at radius 3 is 2.45 bits per heavy atom. The predicted molar refractivity (Wildman–Crippen MR) is 127 cm³/mol. The number of benzene rings is 2. The summed E-state index contributed by atoms with van der Waals surface area (Å²) in [6.45, 7) is 1.08. The minimum absolute atomic E-state index is 0.165. The molecule has 0 aliphatic rings. The van der Waals surface area contributed by atoms with Crippen molar-refractivity contribution in [2.45, 2.75) is 13.1 Å². The van der Waals surface area contributed by atoms with E-state index < -0.39 is 0 Å². The summed E-state index contributed by atoms with van der Waals surface area (Å²) in [6.07, 6.45) is 3.03. The number of carbonyl (C=O) groups excluding carboxylic acids is 1. The third kappa shape index (κ3) is 5.06. The first-order valence-corrected chi connectivity index (χ1v) is 10.9. The molecule has 0 bridgehead atoms. The molecular formula is C23H22BrN5O4. The van der Waals surface area contributed by atoms with E-state index in [1.54, 1.807) is 27.4 Å². The second-order valence-electron chi connectivity index (χ2n) is 7.27. The van der Waals surface area contributed by atoms with Crippen LogP contribution < -0.4 is 20.3 Å². The fourth-order valence-corrected chi connectivity index (χ4v) is 3.64. The third-order valence-electron chi connectivity index (χ3n) is 5.11. The van der Waals surface area contributed by atoms with Crippen LogP contribution in [0.5, 0.6) is 11.5 Å². The molecule has 0 aliphatic heterocycles. The number of carbonyl (C=O) groups is 1. The molecule has 0 fully saturated rings. The van der Waals surface area contributed by atoms with Crippen molar-refractivity contribution < 1.29 is 14.3 Å². The molecule has 0 aliphatic carbocycles. The van der Waals surface area contributed by atoms with E-state index in [-0.39, 0.29) is 11.5 Å². The van der Waals surface area contributed by atoms with E-state index in [0.29, 0.717) is 47.7 Å². The zero-order chi connectivity index (χ0) is 23.4. The number of methoxy groups -OCH3 is 2. The Balaban J connectivity index is 1.44. The molecule has 1 amide bonds.